The summed E-state index contributed by atoms with van der Waals surface area (Å²) in [5, 5.41) is 6.03. The van der Waals surface area contributed by atoms with Crippen LogP contribution < -0.4 is 10.6 Å². The summed E-state index contributed by atoms with van der Waals surface area (Å²) in [5.41, 5.74) is 0. The van der Waals surface area contributed by atoms with Crippen molar-refractivity contribution in [1.82, 2.24) is 10.6 Å². The fraction of sp³-hybridized carbons (Fsp3) is 0.500. The van der Waals surface area contributed by atoms with Crippen molar-refractivity contribution < 1.29 is 13.2 Å². The Kier molecular flexibility index (Phi) is 11.2. The van der Waals surface area contributed by atoms with E-state index < -0.39 is 9.84 Å². The Morgan fingerprint density at radius 1 is 1.18 bits per heavy atom. The average Bonchev–Trinajstić information content (AvgIpc) is 2.50. The number of rotatable bonds is 8. The molecule has 1 aromatic carbocycles. The number of nitrogens with one attached hydrogen (secondary N) is 2. The molecule has 0 aromatic heterocycles. The minimum atomic E-state index is -3.26. The molecule has 22 heavy (non-hydrogen) atoms. The molecular formula is C14H24IN3O3S. The number of aliphatic imine (C=N–C) groups is 1. The third-order valence-electron chi connectivity index (χ3n) is 2.73. The second kappa shape index (κ2) is 11.7. The number of sulfone groups is 1. The van der Waals surface area contributed by atoms with Gasteiger partial charge in [0.1, 0.15) is 0 Å². The minimum absolute atomic E-state index is 0. The quantitative estimate of drug-likeness (QED) is 0.275. The molecule has 0 saturated carbocycles. The first-order valence-electron chi connectivity index (χ1n) is 6.90. The minimum Gasteiger partial charge on any atom is -0.380 e. The Morgan fingerprint density at radius 2 is 1.82 bits per heavy atom. The third kappa shape index (κ3) is 7.95. The van der Waals surface area contributed by atoms with E-state index in [2.05, 4.69) is 15.6 Å². The maximum Gasteiger partial charge on any atom is 0.191 e. The summed E-state index contributed by atoms with van der Waals surface area (Å²) in [6.45, 7) is 4.11. The summed E-state index contributed by atoms with van der Waals surface area (Å²) in [6, 6.07) is 8.43. The number of halogens is 1. The number of ether oxygens (including phenoxy) is 1. The lowest BCUT2D eigenvalue weighted by Crippen LogP contribution is -2.40. The lowest BCUT2D eigenvalue weighted by molar-refractivity contribution is 0.152. The highest BCUT2D eigenvalue weighted by molar-refractivity contribution is 14.0. The van der Waals surface area contributed by atoms with E-state index in [0.29, 0.717) is 37.2 Å². The van der Waals surface area contributed by atoms with Crippen molar-refractivity contribution in [3.8, 4) is 0 Å². The van der Waals surface area contributed by atoms with E-state index >= 15 is 0 Å². The summed E-state index contributed by atoms with van der Waals surface area (Å²) in [6.07, 6.45) is 0. The molecule has 126 valence electrons. The number of benzene rings is 1. The predicted octanol–water partition coefficient (Wildman–Crippen LogP) is 1.28. The van der Waals surface area contributed by atoms with Gasteiger partial charge in [-0.3, -0.25) is 4.99 Å². The third-order valence-corrected chi connectivity index (χ3v) is 4.46. The van der Waals surface area contributed by atoms with E-state index in [1.807, 2.05) is 6.92 Å². The van der Waals surface area contributed by atoms with Gasteiger partial charge in [-0.1, -0.05) is 18.2 Å². The fourth-order valence-corrected chi connectivity index (χ4v) is 2.83. The first-order chi connectivity index (χ1) is 10.1. The van der Waals surface area contributed by atoms with Crippen molar-refractivity contribution in [3.63, 3.8) is 0 Å². The van der Waals surface area contributed by atoms with E-state index in [4.69, 9.17) is 4.74 Å². The lowest BCUT2D eigenvalue weighted by atomic mass is 10.4. The molecule has 0 unspecified atom stereocenters. The first kappa shape index (κ1) is 21.1. The number of hydrogen-bond donors (Lipinski definition) is 2. The molecule has 0 amide bonds. The largest absolute Gasteiger partial charge is 0.380 e. The van der Waals surface area contributed by atoms with E-state index in [1.54, 1.807) is 37.4 Å². The van der Waals surface area contributed by atoms with E-state index in [9.17, 15) is 8.42 Å². The zero-order valence-corrected chi connectivity index (χ0v) is 16.1. The molecule has 0 aliphatic heterocycles. The number of hydrogen-bond acceptors (Lipinski definition) is 4. The first-order valence-corrected chi connectivity index (χ1v) is 8.55. The Bertz CT molecular complexity index is 536. The standard InChI is InChI=1S/C14H23N3O3S.HI/c1-3-20-11-9-16-14(15-2)17-10-12-21(18,19)13-7-5-4-6-8-13;/h4-8H,3,9-12H2,1-2H3,(H2,15,16,17);1H. The Balaban J connectivity index is 0.00000441. The van der Waals surface area contributed by atoms with Crippen LogP contribution >= 0.6 is 24.0 Å². The summed E-state index contributed by atoms with van der Waals surface area (Å²) in [7, 11) is -1.62. The normalized spacial score (nSPS) is 11.6. The predicted molar refractivity (Wildman–Crippen MR) is 99.8 cm³/mol. The molecule has 0 aliphatic carbocycles. The maximum atomic E-state index is 12.1. The Morgan fingerprint density at radius 3 is 2.41 bits per heavy atom. The second-order valence-electron chi connectivity index (χ2n) is 4.25. The zero-order chi connectivity index (χ0) is 15.6. The van der Waals surface area contributed by atoms with E-state index in [1.165, 1.54) is 0 Å². The van der Waals surface area contributed by atoms with Crippen LogP contribution in [0.1, 0.15) is 6.92 Å². The highest BCUT2D eigenvalue weighted by Gasteiger charge is 2.13. The van der Waals surface area contributed by atoms with Gasteiger partial charge in [-0.2, -0.15) is 0 Å². The maximum absolute atomic E-state index is 12.1. The molecule has 0 atom stereocenters. The van der Waals surface area contributed by atoms with Crippen molar-refractivity contribution in [2.75, 3.05) is 39.1 Å². The second-order valence-corrected chi connectivity index (χ2v) is 6.36. The molecule has 6 nitrogen and oxygen atoms in total. The smallest absolute Gasteiger partial charge is 0.191 e. The van der Waals surface area contributed by atoms with Crippen molar-refractivity contribution in [2.45, 2.75) is 11.8 Å². The summed E-state index contributed by atoms with van der Waals surface area (Å²) in [5.74, 6) is 0.585. The Hall–Kier alpha value is -0.870. The highest BCUT2D eigenvalue weighted by atomic mass is 127. The van der Waals surface area contributed by atoms with E-state index in [-0.39, 0.29) is 29.7 Å². The molecule has 0 saturated heterocycles. The van der Waals surface area contributed by atoms with Gasteiger partial charge in [0.15, 0.2) is 15.8 Å². The van der Waals surface area contributed by atoms with Crippen LogP contribution in [-0.4, -0.2) is 53.5 Å². The van der Waals surface area contributed by atoms with Crippen LogP contribution in [-0.2, 0) is 14.6 Å². The lowest BCUT2D eigenvalue weighted by Gasteiger charge is -2.12. The van der Waals surface area contributed by atoms with Crippen molar-refractivity contribution >= 4 is 39.8 Å². The van der Waals surface area contributed by atoms with Gasteiger partial charge in [0.05, 0.1) is 17.3 Å². The zero-order valence-electron chi connectivity index (χ0n) is 12.9. The van der Waals surface area contributed by atoms with Gasteiger partial charge in [-0.15, -0.1) is 24.0 Å². The average molecular weight is 441 g/mol. The van der Waals surface area contributed by atoms with Gasteiger partial charge >= 0.3 is 0 Å². The molecule has 1 rings (SSSR count). The molecule has 0 heterocycles. The van der Waals surface area contributed by atoms with Crippen LogP contribution in [0.4, 0.5) is 0 Å². The van der Waals surface area contributed by atoms with Crippen LogP contribution in [0.3, 0.4) is 0 Å². The molecule has 2 N–H and O–H groups in total. The number of nitrogens with zero attached hydrogens (tertiary/aromatic N) is 1. The molecule has 0 spiro atoms. The molecule has 0 bridgehead atoms. The van der Waals surface area contributed by atoms with Gasteiger partial charge in [-0.25, -0.2) is 8.42 Å². The highest BCUT2D eigenvalue weighted by Crippen LogP contribution is 2.08. The topological polar surface area (TPSA) is 79.8 Å². The molecule has 0 aliphatic rings. The summed E-state index contributed by atoms with van der Waals surface area (Å²) in [4.78, 5) is 4.36. The van der Waals surface area contributed by atoms with Gasteiger partial charge in [0.2, 0.25) is 0 Å². The molecule has 0 fully saturated rings. The SMILES string of the molecule is CCOCCNC(=NC)NCCS(=O)(=O)c1ccccc1.I. The monoisotopic (exact) mass is 441 g/mol. The molecule has 0 radical (unpaired) electrons. The van der Waals surface area contributed by atoms with Crippen molar-refractivity contribution in [3.05, 3.63) is 30.3 Å². The molecule has 8 heteroatoms. The van der Waals surface area contributed by atoms with Gasteiger partial charge in [-0.05, 0) is 19.1 Å². The van der Waals surface area contributed by atoms with Crippen LogP contribution in [0.15, 0.2) is 40.2 Å². The number of guanidine groups is 1. The molecule has 1 aromatic rings. The van der Waals surface area contributed by atoms with E-state index in [0.717, 1.165) is 0 Å². The van der Waals surface area contributed by atoms with Crippen molar-refractivity contribution in [2.24, 2.45) is 4.99 Å². The van der Waals surface area contributed by atoms with Crippen molar-refractivity contribution in [1.29, 1.82) is 0 Å². The summed E-state index contributed by atoms with van der Waals surface area (Å²) >= 11 is 0. The van der Waals surface area contributed by atoms with Gasteiger partial charge in [0, 0.05) is 26.7 Å². The Labute approximate surface area is 149 Å². The van der Waals surface area contributed by atoms with Crippen LogP contribution in [0.25, 0.3) is 0 Å². The van der Waals surface area contributed by atoms with Crippen LogP contribution in [0.2, 0.25) is 0 Å². The van der Waals surface area contributed by atoms with Crippen LogP contribution in [0.5, 0.6) is 0 Å². The van der Waals surface area contributed by atoms with Gasteiger partial charge in [0.25, 0.3) is 0 Å². The van der Waals surface area contributed by atoms with Crippen LogP contribution in [0, 0.1) is 0 Å². The summed E-state index contributed by atoms with van der Waals surface area (Å²) < 4.78 is 29.4. The fourth-order valence-electron chi connectivity index (χ4n) is 1.66. The van der Waals surface area contributed by atoms with Gasteiger partial charge < -0.3 is 15.4 Å². The molecular weight excluding hydrogens is 417 g/mol.